The van der Waals surface area contributed by atoms with Gasteiger partial charge in [-0.3, -0.25) is 0 Å². The minimum Gasteiger partial charge on any atom is -0.395 e. The van der Waals surface area contributed by atoms with Crippen LogP contribution < -0.4 is 5.32 Å². The standard InChI is InChI=1S/C12H25NO/c1-4-10(9-14)13-11-6-5-7-12(2,3)8-11/h10-11,13-14H,4-9H2,1-3H3/t10-,11?/m1/s1. The van der Waals surface area contributed by atoms with Crippen molar-refractivity contribution in [3.05, 3.63) is 0 Å². The van der Waals surface area contributed by atoms with Gasteiger partial charge in [0, 0.05) is 12.1 Å². The first kappa shape index (κ1) is 12.0. The lowest BCUT2D eigenvalue weighted by Gasteiger charge is -2.37. The summed E-state index contributed by atoms with van der Waals surface area (Å²) >= 11 is 0. The second-order valence-electron chi connectivity index (χ2n) is 5.41. The van der Waals surface area contributed by atoms with Gasteiger partial charge in [-0.05, 0) is 31.1 Å². The van der Waals surface area contributed by atoms with Gasteiger partial charge in [0.15, 0.2) is 0 Å². The minimum absolute atomic E-state index is 0.271. The lowest BCUT2D eigenvalue weighted by Crippen LogP contribution is -2.44. The summed E-state index contributed by atoms with van der Waals surface area (Å²) in [7, 11) is 0. The Morgan fingerprint density at radius 2 is 2.21 bits per heavy atom. The lowest BCUT2D eigenvalue weighted by atomic mass is 9.75. The van der Waals surface area contributed by atoms with Crippen LogP contribution in [0.1, 0.15) is 52.9 Å². The van der Waals surface area contributed by atoms with Crippen LogP contribution in [0.25, 0.3) is 0 Å². The van der Waals surface area contributed by atoms with E-state index in [1.54, 1.807) is 0 Å². The maximum absolute atomic E-state index is 9.12. The van der Waals surface area contributed by atoms with Crippen molar-refractivity contribution in [1.29, 1.82) is 0 Å². The zero-order valence-electron chi connectivity index (χ0n) is 9.84. The fourth-order valence-corrected chi connectivity index (χ4v) is 2.47. The molecule has 0 saturated heterocycles. The van der Waals surface area contributed by atoms with Gasteiger partial charge in [-0.15, -0.1) is 0 Å². The molecule has 0 heterocycles. The van der Waals surface area contributed by atoms with Gasteiger partial charge in [0.2, 0.25) is 0 Å². The Morgan fingerprint density at radius 3 is 2.71 bits per heavy atom. The molecule has 1 unspecified atom stereocenters. The van der Waals surface area contributed by atoms with Crippen LogP contribution in [0.4, 0.5) is 0 Å². The third-order valence-corrected chi connectivity index (χ3v) is 3.39. The number of hydrogen-bond donors (Lipinski definition) is 2. The third kappa shape index (κ3) is 3.58. The highest BCUT2D eigenvalue weighted by Gasteiger charge is 2.28. The molecule has 2 nitrogen and oxygen atoms in total. The summed E-state index contributed by atoms with van der Waals surface area (Å²) in [5, 5.41) is 12.7. The number of nitrogens with one attached hydrogen (secondary N) is 1. The van der Waals surface area contributed by atoms with E-state index < -0.39 is 0 Å². The first-order chi connectivity index (χ1) is 6.57. The summed E-state index contributed by atoms with van der Waals surface area (Å²) in [6.45, 7) is 7.09. The van der Waals surface area contributed by atoms with E-state index in [1.165, 1.54) is 25.7 Å². The maximum Gasteiger partial charge on any atom is 0.0584 e. The molecular weight excluding hydrogens is 174 g/mol. The predicted molar refractivity (Wildman–Crippen MR) is 60.3 cm³/mol. The van der Waals surface area contributed by atoms with Crippen LogP contribution in [0.5, 0.6) is 0 Å². The average Bonchev–Trinajstić information content (AvgIpc) is 2.12. The highest BCUT2D eigenvalue weighted by molar-refractivity contribution is 4.85. The van der Waals surface area contributed by atoms with Gasteiger partial charge < -0.3 is 10.4 Å². The molecule has 14 heavy (non-hydrogen) atoms. The van der Waals surface area contributed by atoms with Gasteiger partial charge in [-0.1, -0.05) is 27.2 Å². The van der Waals surface area contributed by atoms with Gasteiger partial charge >= 0.3 is 0 Å². The smallest absolute Gasteiger partial charge is 0.0584 e. The molecule has 0 bridgehead atoms. The van der Waals surface area contributed by atoms with Crippen molar-refractivity contribution in [2.75, 3.05) is 6.61 Å². The van der Waals surface area contributed by atoms with Crippen LogP contribution in [0, 0.1) is 5.41 Å². The Labute approximate surface area is 88.1 Å². The van der Waals surface area contributed by atoms with Crippen LogP contribution in [0.3, 0.4) is 0 Å². The third-order valence-electron chi connectivity index (χ3n) is 3.39. The Morgan fingerprint density at radius 1 is 1.50 bits per heavy atom. The number of hydrogen-bond acceptors (Lipinski definition) is 2. The molecule has 84 valence electrons. The monoisotopic (exact) mass is 199 g/mol. The van der Waals surface area contributed by atoms with Crippen LogP contribution >= 0.6 is 0 Å². The van der Waals surface area contributed by atoms with E-state index in [9.17, 15) is 0 Å². The Balaban J connectivity index is 2.37. The summed E-state index contributed by atoms with van der Waals surface area (Å²) in [5.74, 6) is 0. The summed E-state index contributed by atoms with van der Waals surface area (Å²) in [6.07, 6.45) is 6.23. The van der Waals surface area contributed by atoms with Crippen molar-refractivity contribution in [3.63, 3.8) is 0 Å². The summed E-state index contributed by atoms with van der Waals surface area (Å²) in [5.41, 5.74) is 0.490. The lowest BCUT2D eigenvalue weighted by molar-refractivity contribution is 0.164. The molecule has 0 aromatic heterocycles. The number of aliphatic hydroxyl groups is 1. The van der Waals surface area contributed by atoms with Crippen LogP contribution in [0.15, 0.2) is 0 Å². The summed E-state index contributed by atoms with van der Waals surface area (Å²) in [4.78, 5) is 0. The highest BCUT2D eigenvalue weighted by Crippen LogP contribution is 2.35. The van der Waals surface area contributed by atoms with Crippen LogP contribution in [0.2, 0.25) is 0 Å². The molecule has 1 rings (SSSR count). The zero-order valence-corrected chi connectivity index (χ0v) is 9.84. The van der Waals surface area contributed by atoms with Crippen LogP contribution in [-0.4, -0.2) is 23.8 Å². The molecule has 1 fully saturated rings. The second kappa shape index (κ2) is 5.13. The number of rotatable bonds is 4. The van der Waals surface area contributed by atoms with Crippen molar-refractivity contribution in [3.8, 4) is 0 Å². The molecule has 0 spiro atoms. The Hall–Kier alpha value is -0.0800. The van der Waals surface area contributed by atoms with E-state index >= 15 is 0 Å². The normalized spacial score (nSPS) is 28.7. The van der Waals surface area contributed by atoms with E-state index in [-0.39, 0.29) is 6.61 Å². The van der Waals surface area contributed by atoms with Crippen LogP contribution in [-0.2, 0) is 0 Å². The van der Waals surface area contributed by atoms with Gasteiger partial charge in [-0.2, -0.15) is 0 Å². The molecule has 1 aliphatic rings. The maximum atomic E-state index is 9.12. The highest BCUT2D eigenvalue weighted by atomic mass is 16.3. The molecule has 2 atom stereocenters. The minimum atomic E-state index is 0.271. The fraction of sp³-hybridized carbons (Fsp3) is 1.00. The molecule has 2 N–H and O–H groups in total. The molecule has 1 aliphatic carbocycles. The van der Waals surface area contributed by atoms with Crippen molar-refractivity contribution in [2.45, 2.75) is 65.0 Å². The zero-order chi connectivity index (χ0) is 10.6. The molecule has 0 amide bonds. The fourth-order valence-electron chi connectivity index (χ4n) is 2.47. The average molecular weight is 199 g/mol. The topological polar surface area (TPSA) is 32.3 Å². The van der Waals surface area contributed by atoms with Gasteiger partial charge in [-0.25, -0.2) is 0 Å². The second-order valence-corrected chi connectivity index (χ2v) is 5.41. The van der Waals surface area contributed by atoms with Crippen molar-refractivity contribution < 1.29 is 5.11 Å². The van der Waals surface area contributed by atoms with E-state index in [1.807, 2.05) is 0 Å². The van der Waals surface area contributed by atoms with E-state index in [0.29, 0.717) is 17.5 Å². The quantitative estimate of drug-likeness (QED) is 0.728. The first-order valence-electron chi connectivity index (χ1n) is 5.94. The molecule has 2 heteroatoms. The van der Waals surface area contributed by atoms with E-state index in [0.717, 1.165) is 6.42 Å². The Bertz CT molecular complexity index is 164. The molecular formula is C12H25NO. The molecule has 0 radical (unpaired) electrons. The van der Waals surface area contributed by atoms with Crippen molar-refractivity contribution in [2.24, 2.45) is 5.41 Å². The van der Waals surface area contributed by atoms with Gasteiger partial charge in [0.25, 0.3) is 0 Å². The first-order valence-corrected chi connectivity index (χ1v) is 5.94. The SMILES string of the molecule is CC[C@H](CO)NC1CCCC(C)(C)C1. The van der Waals surface area contributed by atoms with E-state index in [4.69, 9.17) is 5.11 Å². The predicted octanol–water partition coefficient (Wildman–Crippen LogP) is 2.32. The molecule has 1 saturated carbocycles. The molecule has 0 aromatic rings. The van der Waals surface area contributed by atoms with Gasteiger partial charge in [0.1, 0.15) is 0 Å². The number of aliphatic hydroxyl groups excluding tert-OH is 1. The van der Waals surface area contributed by atoms with Gasteiger partial charge in [0.05, 0.1) is 6.61 Å². The Kier molecular flexibility index (Phi) is 4.39. The summed E-state index contributed by atoms with van der Waals surface area (Å²) in [6, 6.07) is 0.921. The largest absolute Gasteiger partial charge is 0.395 e. The van der Waals surface area contributed by atoms with E-state index in [2.05, 4.69) is 26.1 Å². The summed E-state index contributed by atoms with van der Waals surface area (Å²) < 4.78 is 0. The molecule has 0 aliphatic heterocycles. The van der Waals surface area contributed by atoms with Crippen molar-refractivity contribution >= 4 is 0 Å². The molecule has 0 aromatic carbocycles. The van der Waals surface area contributed by atoms with Crippen molar-refractivity contribution in [1.82, 2.24) is 5.32 Å².